The Bertz CT molecular complexity index is 402. The van der Waals surface area contributed by atoms with Crippen LogP contribution in [0.25, 0.3) is 0 Å². The predicted octanol–water partition coefficient (Wildman–Crippen LogP) is 2.78. The van der Waals surface area contributed by atoms with Crippen molar-refractivity contribution in [2.75, 3.05) is 0 Å². The maximum atomic E-state index is 13.3. The van der Waals surface area contributed by atoms with Crippen LogP contribution in [0, 0.1) is 5.82 Å². The number of fused-ring (bicyclic) bond motifs is 1. The average Bonchev–Trinajstić information content (AvgIpc) is 2.50. The molecule has 1 aliphatic heterocycles. The number of halogens is 1. The highest BCUT2D eigenvalue weighted by Gasteiger charge is 2.25. The molecule has 0 amide bonds. The Morgan fingerprint density at radius 2 is 2.07 bits per heavy atom. The lowest BCUT2D eigenvalue weighted by molar-refractivity contribution is 0.556. The van der Waals surface area contributed by atoms with Crippen molar-refractivity contribution in [3.05, 3.63) is 23.3 Å². The number of nitrogens with zero attached hydrogens (tertiary/aromatic N) is 2. The molecule has 0 saturated carbocycles. The number of aromatic nitrogens is 1. The van der Waals surface area contributed by atoms with E-state index < -0.39 is 0 Å². The van der Waals surface area contributed by atoms with Crippen LogP contribution < -0.4 is 0 Å². The smallest absolute Gasteiger partial charge is 0.147 e. The zero-order chi connectivity index (χ0) is 10.3. The van der Waals surface area contributed by atoms with Gasteiger partial charge in [-0.25, -0.2) is 4.39 Å². The quantitative estimate of drug-likeness (QED) is 0.620. The number of hydrogen-bond donors (Lipinski definition) is 0. The first-order chi connectivity index (χ1) is 6.50. The van der Waals surface area contributed by atoms with Crippen LogP contribution in [0.3, 0.4) is 0 Å². The molecular formula is C11H13FN2. The number of hydrogen-bond acceptors (Lipinski definition) is 2. The molecule has 0 bridgehead atoms. The molecule has 14 heavy (non-hydrogen) atoms. The second kappa shape index (κ2) is 2.87. The molecule has 1 aromatic rings. The highest BCUT2D eigenvalue weighted by atomic mass is 19.1. The molecule has 2 heterocycles. The molecule has 3 heteroatoms. The van der Waals surface area contributed by atoms with Crippen LogP contribution >= 0.6 is 0 Å². The van der Waals surface area contributed by atoms with E-state index in [2.05, 4.69) is 30.7 Å². The van der Waals surface area contributed by atoms with Gasteiger partial charge in [0.1, 0.15) is 5.82 Å². The van der Waals surface area contributed by atoms with Gasteiger partial charge in [-0.1, -0.05) is 20.8 Å². The molecule has 2 rings (SSSR count). The summed E-state index contributed by atoms with van der Waals surface area (Å²) >= 11 is 0. The SMILES string of the molecule is CC(C)(C)c1ncc(F)c2c1N=CC2. The largest absolute Gasteiger partial charge is 0.259 e. The average molecular weight is 192 g/mol. The lowest BCUT2D eigenvalue weighted by Gasteiger charge is -2.19. The van der Waals surface area contributed by atoms with Crippen LogP contribution in [0.5, 0.6) is 0 Å². The van der Waals surface area contributed by atoms with Crippen molar-refractivity contribution in [1.82, 2.24) is 4.98 Å². The fourth-order valence-corrected chi connectivity index (χ4v) is 1.63. The van der Waals surface area contributed by atoms with Gasteiger partial charge < -0.3 is 0 Å². The molecule has 0 saturated heterocycles. The Labute approximate surface area is 82.9 Å². The fraction of sp³-hybridized carbons (Fsp3) is 0.455. The van der Waals surface area contributed by atoms with E-state index in [-0.39, 0.29) is 11.2 Å². The molecule has 0 atom stereocenters. The summed E-state index contributed by atoms with van der Waals surface area (Å²) in [7, 11) is 0. The molecule has 74 valence electrons. The molecular weight excluding hydrogens is 179 g/mol. The van der Waals surface area contributed by atoms with E-state index in [0.29, 0.717) is 12.0 Å². The van der Waals surface area contributed by atoms with Crippen molar-refractivity contribution in [2.45, 2.75) is 32.6 Å². The summed E-state index contributed by atoms with van der Waals surface area (Å²) in [5.74, 6) is -0.245. The highest BCUT2D eigenvalue weighted by Crippen LogP contribution is 2.35. The van der Waals surface area contributed by atoms with Crippen molar-refractivity contribution < 1.29 is 4.39 Å². The van der Waals surface area contributed by atoms with Crippen LogP contribution in [0.1, 0.15) is 32.0 Å². The van der Waals surface area contributed by atoms with E-state index in [0.717, 1.165) is 11.4 Å². The number of pyridine rings is 1. The van der Waals surface area contributed by atoms with Crippen LogP contribution in [0.2, 0.25) is 0 Å². The molecule has 2 nitrogen and oxygen atoms in total. The summed E-state index contributed by atoms with van der Waals surface area (Å²) in [5.41, 5.74) is 2.21. The molecule has 0 fully saturated rings. The van der Waals surface area contributed by atoms with Crippen molar-refractivity contribution in [1.29, 1.82) is 0 Å². The highest BCUT2D eigenvalue weighted by molar-refractivity contribution is 5.77. The van der Waals surface area contributed by atoms with Gasteiger partial charge in [-0.05, 0) is 0 Å². The Morgan fingerprint density at radius 3 is 2.71 bits per heavy atom. The summed E-state index contributed by atoms with van der Waals surface area (Å²) in [6.07, 6.45) is 3.63. The molecule has 0 spiro atoms. The van der Waals surface area contributed by atoms with Gasteiger partial charge in [0.25, 0.3) is 0 Å². The van der Waals surface area contributed by atoms with E-state index in [1.165, 1.54) is 6.20 Å². The molecule has 0 aliphatic carbocycles. The van der Waals surface area contributed by atoms with Gasteiger partial charge in [0.05, 0.1) is 17.6 Å². The van der Waals surface area contributed by atoms with Crippen LogP contribution in [0.15, 0.2) is 11.2 Å². The summed E-state index contributed by atoms with van der Waals surface area (Å²) in [6.45, 7) is 6.17. The lowest BCUT2D eigenvalue weighted by Crippen LogP contribution is -2.14. The maximum Gasteiger partial charge on any atom is 0.147 e. The second-order valence-corrected chi connectivity index (χ2v) is 4.55. The normalized spacial score (nSPS) is 14.6. The minimum Gasteiger partial charge on any atom is -0.259 e. The predicted molar refractivity (Wildman–Crippen MR) is 54.8 cm³/mol. The van der Waals surface area contributed by atoms with Gasteiger partial charge in [0.2, 0.25) is 0 Å². The zero-order valence-corrected chi connectivity index (χ0v) is 8.63. The molecule has 0 aromatic carbocycles. The lowest BCUT2D eigenvalue weighted by atomic mass is 9.89. The Kier molecular flexibility index (Phi) is 1.91. The number of rotatable bonds is 0. The second-order valence-electron chi connectivity index (χ2n) is 4.55. The molecule has 0 unspecified atom stereocenters. The van der Waals surface area contributed by atoms with Crippen LogP contribution in [-0.2, 0) is 11.8 Å². The van der Waals surface area contributed by atoms with Crippen molar-refractivity contribution in [3.8, 4) is 0 Å². The fourth-order valence-electron chi connectivity index (χ4n) is 1.63. The molecule has 1 aliphatic rings. The van der Waals surface area contributed by atoms with Gasteiger partial charge in [0.15, 0.2) is 0 Å². The first kappa shape index (κ1) is 9.31. The van der Waals surface area contributed by atoms with Gasteiger partial charge >= 0.3 is 0 Å². The summed E-state index contributed by atoms with van der Waals surface area (Å²) in [4.78, 5) is 8.33. The maximum absolute atomic E-state index is 13.3. The summed E-state index contributed by atoms with van der Waals surface area (Å²) in [6, 6.07) is 0. The van der Waals surface area contributed by atoms with E-state index >= 15 is 0 Å². The van der Waals surface area contributed by atoms with Gasteiger partial charge in [0, 0.05) is 23.6 Å². The van der Waals surface area contributed by atoms with Crippen molar-refractivity contribution in [2.24, 2.45) is 4.99 Å². The van der Waals surface area contributed by atoms with E-state index in [1.807, 2.05) is 0 Å². The van der Waals surface area contributed by atoms with E-state index in [9.17, 15) is 4.39 Å². The number of aliphatic imine (C=N–C) groups is 1. The van der Waals surface area contributed by atoms with E-state index in [4.69, 9.17) is 0 Å². The van der Waals surface area contributed by atoms with Crippen molar-refractivity contribution >= 4 is 11.9 Å². The van der Waals surface area contributed by atoms with E-state index in [1.54, 1.807) is 6.21 Å². The Hall–Kier alpha value is -1.25. The first-order valence-electron chi connectivity index (χ1n) is 4.70. The minimum atomic E-state index is -0.245. The first-order valence-corrected chi connectivity index (χ1v) is 4.70. The third-order valence-corrected chi connectivity index (χ3v) is 2.33. The molecule has 0 radical (unpaired) electrons. The van der Waals surface area contributed by atoms with Crippen LogP contribution in [-0.4, -0.2) is 11.2 Å². The third kappa shape index (κ3) is 1.33. The van der Waals surface area contributed by atoms with Gasteiger partial charge in [-0.15, -0.1) is 0 Å². The van der Waals surface area contributed by atoms with Gasteiger partial charge in [-0.3, -0.25) is 9.98 Å². The third-order valence-electron chi connectivity index (χ3n) is 2.33. The standard InChI is InChI=1S/C11H13FN2/c1-11(2,3)10-9-7(4-5-13-9)8(12)6-14-10/h5-6H,4H2,1-3H3. The van der Waals surface area contributed by atoms with Crippen LogP contribution in [0.4, 0.5) is 10.1 Å². The molecule has 1 aromatic heterocycles. The monoisotopic (exact) mass is 192 g/mol. The summed E-state index contributed by atoms with van der Waals surface area (Å²) < 4.78 is 13.3. The molecule has 0 N–H and O–H groups in total. The minimum absolute atomic E-state index is 0.0839. The Balaban J connectivity index is 2.65. The van der Waals surface area contributed by atoms with Crippen molar-refractivity contribution in [3.63, 3.8) is 0 Å². The zero-order valence-electron chi connectivity index (χ0n) is 8.63. The van der Waals surface area contributed by atoms with Gasteiger partial charge in [-0.2, -0.15) is 0 Å². The Morgan fingerprint density at radius 1 is 1.36 bits per heavy atom. The topological polar surface area (TPSA) is 25.2 Å². The summed E-state index contributed by atoms with van der Waals surface area (Å²) in [5, 5.41) is 0.